The van der Waals surface area contributed by atoms with Crippen LogP contribution in [-0.4, -0.2) is 29.7 Å². The molecule has 0 saturated carbocycles. The van der Waals surface area contributed by atoms with Gasteiger partial charge in [0.1, 0.15) is 10.7 Å². The first kappa shape index (κ1) is 9.97. The van der Waals surface area contributed by atoms with Gasteiger partial charge in [-0.1, -0.05) is 11.8 Å². The zero-order valence-electron chi connectivity index (χ0n) is 7.94. The van der Waals surface area contributed by atoms with Crippen molar-refractivity contribution in [2.75, 3.05) is 18.2 Å². The number of anilines is 1. The molecule has 1 aliphatic rings. The number of ether oxygens (including phenoxy) is 1. The van der Waals surface area contributed by atoms with Crippen molar-refractivity contribution < 1.29 is 14.3 Å². The zero-order valence-corrected chi connectivity index (χ0v) is 8.76. The largest absolute Gasteiger partial charge is 0.464 e. The predicted molar refractivity (Wildman–Crippen MR) is 54.9 cm³/mol. The fraction of sp³-hybridized carbons (Fsp3) is 0.222. The number of fused-ring (bicyclic) bond motifs is 1. The summed E-state index contributed by atoms with van der Waals surface area (Å²) in [6, 6.07) is 3.18. The Morgan fingerprint density at radius 3 is 3.13 bits per heavy atom. The Labute approximate surface area is 90.2 Å². The molecule has 1 N–H and O–H groups in total. The van der Waals surface area contributed by atoms with Gasteiger partial charge in [-0.25, -0.2) is 9.78 Å². The number of pyridine rings is 1. The third-order valence-corrected chi connectivity index (χ3v) is 2.86. The van der Waals surface area contributed by atoms with Gasteiger partial charge in [-0.2, -0.15) is 0 Å². The molecule has 1 amide bonds. The molecule has 0 aromatic carbocycles. The Hall–Kier alpha value is -1.56. The Bertz CT molecular complexity index is 433. The van der Waals surface area contributed by atoms with Gasteiger partial charge in [-0.3, -0.25) is 4.79 Å². The molecule has 2 rings (SSSR count). The van der Waals surface area contributed by atoms with Crippen molar-refractivity contribution in [2.24, 2.45) is 0 Å². The van der Waals surface area contributed by atoms with E-state index in [2.05, 4.69) is 15.0 Å². The van der Waals surface area contributed by atoms with Crippen molar-refractivity contribution in [3.05, 3.63) is 17.8 Å². The van der Waals surface area contributed by atoms with Gasteiger partial charge in [0.25, 0.3) is 0 Å². The topological polar surface area (TPSA) is 68.3 Å². The normalized spacial score (nSPS) is 14.1. The van der Waals surface area contributed by atoms with Crippen LogP contribution in [0.3, 0.4) is 0 Å². The number of nitrogens with zero attached hydrogens (tertiary/aromatic N) is 1. The van der Waals surface area contributed by atoms with Crippen molar-refractivity contribution >= 4 is 29.3 Å². The van der Waals surface area contributed by atoms with E-state index in [9.17, 15) is 9.59 Å². The monoisotopic (exact) mass is 224 g/mol. The van der Waals surface area contributed by atoms with E-state index in [1.54, 1.807) is 6.07 Å². The number of aromatic nitrogens is 1. The number of nitrogens with one attached hydrogen (secondary N) is 1. The maximum Gasteiger partial charge on any atom is 0.356 e. The lowest BCUT2D eigenvalue weighted by atomic mass is 10.3. The van der Waals surface area contributed by atoms with Crippen LogP contribution < -0.4 is 5.32 Å². The fourth-order valence-corrected chi connectivity index (χ4v) is 1.96. The highest BCUT2D eigenvalue weighted by molar-refractivity contribution is 8.00. The lowest BCUT2D eigenvalue weighted by Gasteiger charge is -2.15. The Morgan fingerprint density at radius 2 is 2.40 bits per heavy atom. The molecule has 0 saturated heterocycles. The molecule has 1 aromatic rings. The smallest absolute Gasteiger partial charge is 0.356 e. The third-order valence-electron chi connectivity index (χ3n) is 1.87. The second kappa shape index (κ2) is 3.90. The highest BCUT2D eigenvalue weighted by Crippen LogP contribution is 2.29. The molecular weight excluding hydrogens is 216 g/mol. The SMILES string of the molecule is COC(=O)c1ccc2c(n1)SCC(=O)N2. The van der Waals surface area contributed by atoms with Gasteiger partial charge in [0.2, 0.25) is 5.91 Å². The number of carbonyl (C=O) groups is 2. The molecule has 78 valence electrons. The van der Waals surface area contributed by atoms with Gasteiger partial charge in [0.05, 0.1) is 18.6 Å². The summed E-state index contributed by atoms with van der Waals surface area (Å²) in [6.07, 6.45) is 0. The molecule has 1 aromatic heterocycles. The van der Waals surface area contributed by atoms with E-state index >= 15 is 0 Å². The summed E-state index contributed by atoms with van der Waals surface area (Å²) in [4.78, 5) is 26.3. The molecule has 0 bridgehead atoms. The molecule has 0 radical (unpaired) electrons. The summed E-state index contributed by atoms with van der Waals surface area (Å²) >= 11 is 1.31. The van der Waals surface area contributed by atoms with Crippen LogP contribution in [0.15, 0.2) is 17.2 Å². The quantitative estimate of drug-likeness (QED) is 0.718. The van der Waals surface area contributed by atoms with Gasteiger partial charge in [0, 0.05) is 0 Å². The maximum absolute atomic E-state index is 11.2. The summed E-state index contributed by atoms with van der Waals surface area (Å²) in [7, 11) is 1.30. The Morgan fingerprint density at radius 1 is 1.60 bits per heavy atom. The Balaban J connectivity index is 2.34. The van der Waals surface area contributed by atoms with Gasteiger partial charge in [0.15, 0.2) is 0 Å². The van der Waals surface area contributed by atoms with Crippen LogP contribution in [0.4, 0.5) is 5.69 Å². The molecule has 1 aliphatic heterocycles. The van der Waals surface area contributed by atoms with Crippen LogP contribution in [0.2, 0.25) is 0 Å². The van der Waals surface area contributed by atoms with E-state index < -0.39 is 5.97 Å². The number of hydrogen-bond donors (Lipinski definition) is 1. The number of rotatable bonds is 1. The van der Waals surface area contributed by atoms with Crippen LogP contribution >= 0.6 is 11.8 Å². The van der Waals surface area contributed by atoms with E-state index in [0.717, 1.165) is 0 Å². The van der Waals surface area contributed by atoms with E-state index in [-0.39, 0.29) is 11.6 Å². The molecule has 0 unspecified atom stereocenters. The summed E-state index contributed by atoms with van der Waals surface area (Å²) in [5.41, 5.74) is 0.892. The average Bonchev–Trinajstić information content (AvgIpc) is 2.27. The highest BCUT2D eigenvalue weighted by Gasteiger charge is 2.18. The second-order valence-electron chi connectivity index (χ2n) is 2.88. The highest BCUT2D eigenvalue weighted by atomic mass is 32.2. The Kier molecular flexibility index (Phi) is 2.59. The number of hydrogen-bond acceptors (Lipinski definition) is 5. The third kappa shape index (κ3) is 1.94. The van der Waals surface area contributed by atoms with Crippen molar-refractivity contribution in [3.8, 4) is 0 Å². The number of methoxy groups -OCH3 is 1. The van der Waals surface area contributed by atoms with Crippen molar-refractivity contribution in [1.82, 2.24) is 4.98 Å². The minimum absolute atomic E-state index is 0.0554. The summed E-state index contributed by atoms with van der Waals surface area (Å²) in [6.45, 7) is 0. The molecule has 0 fully saturated rings. The minimum Gasteiger partial charge on any atom is -0.464 e. The number of carbonyl (C=O) groups excluding carboxylic acids is 2. The van der Waals surface area contributed by atoms with Crippen LogP contribution in [0.1, 0.15) is 10.5 Å². The van der Waals surface area contributed by atoms with E-state index in [1.807, 2.05) is 0 Å². The predicted octanol–water partition coefficient (Wildman–Crippen LogP) is 0.912. The standard InChI is InChI=1S/C9H8N2O3S/c1-14-9(13)6-3-2-5-8(11-6)15-4-7(12)10-5/h2-3H,4H2,1H3,(H,10,12). The van der Waals surface area contributed by atoms with Gasteiger partial charge < -0.3 is 10.1 Å². The summed E-state index contributed by atoms with van der Waals surface area (Å²) < 4.78 is 4.55. The van der Waals surface area contributed by atoms with E-state index in [1.165, 1.54) is 24.9 Å². The first-order valence-electron chi connectivity index (χ1n) is 4.22. The molecule has 0 aliphatic carbocycles. The maximum atomic E-state index is 11.2. The lowest BCUT2D eigenvalue weighted by Crippen LogP contribution is -2.20. The first-order chi connectivity index (χ1) is 7.20. The van der Waals surface area contributed by atoms with Crippen LogP contribution in [0.5, 0.6) is 0 Å². The number of amides is 1. The molecule has 5 nitrogen and oxygen atoms in total. The van der Waals surface area contributed by atoms with E-state index in [0.29, 0.717) is 16.5 Å². The van der Waals surface area contributed by atoms with Gasteiger partial charge in [-0.05, 0) is 12.1 Å². The fourth-order valence-electron chi connectivity index (χ4n) is 1.18. The van der Waals surface area contributed by atoms with Crippen molar-refractivity contribution in [3.63, 3.8) is 0 Å². The van der Waals surface area contributed by atoms with Crippen LogP contribution in [0, 0.1) is 0 Å². The van der Waals surface area contributed by atoms with Crippen LogP contribution in [-0.2, 0) is 9.53 Å². The molecule has 15 heavy (non-hydrogen) atoms. The van der Waals surface area contributed by atoms with Crippen molar-refractivity contribution in [2.45, 2.75) is 5.03 Å². The minimum atomic E-state index is -0.477. The van der Waals surface area contributed by atoms with Crippen molar-refractivity contribution in [1.29, 1.82) is 0 Å². The number of thioether (sulfide) groups is 1. The number of esters is 1. The molecule has 6 heteroatoms. The van der Waals surface area contributed by atoms with Gasteiger partial charge in [-0.15, -0.1) is 0 Å². The lowest BCUT2D eigenvalue weighted by molar-refractivity contribution is -0.113. The second-order valence-corrected chi connectivity index (χ2v) is 3.84. The first-order valence-corrected chi connectivity index (χ1v) is 5.21. The molecule has 2 heterocycles. The average molecular weight is 224 g/mol. The summed E-state index contributed by atoms with van der Waals surface area (Å²) in [5, 5.41) is 3.32. The van der Waals surface area contributed by atoms with Gasteiger partial charge >= 0.3 is 5.97 Å². The molecular formula is C9H8N2O3S. The summed E-state index contributed by atoms with van der Waals surface area (Å²) in [5.74, 6) is -0.208. The zero-order chi connectivity index (χ0) is 10.8. The van der Waals surface area contributed by atoms with Crippen LogP contribution in [0.25, 0.3) is 0 Å². The van der Waals surface area contributed by atoms with E-state index in [4.69, 9.17) is 0 Å². The molecule has 0 spiro atoms. The molecule has 0 atom stereocenters.